The number of thiazole rings is 1. The van der Waals surface area contributed by atoms with Gasteiger partial charge in [0.2, 0.25) is 5.43 Å². The highest BCUT2D eigenvalue weighted by atomic mass is 32.2. The van der Waals surface area contributed by atoms with Crippen molar-refractivity contribution in [3.8, 4) is 5.75 Å². The summed E-state index contributed by atoms with van der Waals surface area (Å²) in [6.07, 6.45) is 5.86. The maximum Gasteiger partial charge on any atom is 0.352 e. The third-order valence-corrected chi connectivity index (χ3v) is 10.9. The number of carbonyl (C=O) groups is 3. The first kappa shape index (κ1) is 31.4. The van der Waals surface area contributed by atoms with Crippen molar-refractivity contribution in [2.24, 2.45) is 12.2 Å². The number of nitrogens with zero attached hydrogens (tertiary/aromatic N) is 5. The molecule has 1 saturated heterocycles. The molecule has 5 heterocycles. The van der Waals surface area contributed by atoms with Gasteiger partial charge < -0.3 is 31.3 Å². The molecular formula is C28H28N7O8S3+. The topological polar surface area (TPSA) is 214 Å². The highest BCUT2D eigenvalue weighted by Gasteiger charge is 2.54. The quantitative estimate of drug-likeness (QED) is 0.0495. The molecule has 1 aliphatic carbocycles. The van der Waals surface area contributed by atoms with Gasteiger partial charge in [-0.3, -0.25) is 19.3 Å². The smallest absolute Gasteiger partial charge is 0.352 e. The minimum absolute atomic E-state index is 0.0541. The molecule has 0 unspecified atom stereocenters. The molecule has 0 aromatic carbocycles. The first-order valence-electron chi connectivity index (χ1n) is 13.9. The van der Waals surface area contributed by atoms with Crippen molar-refractivity contribution < 1.29 is 39.2 Å². The van der Waals surface area contributed by atoms with Gasteiger partial charge in [-0.05, 0) is 18.4 Å². The maximum atomic E-state index is 13.4. The lowest BCUT2D eigenvalue weighted by Crippen LogP contribution is -2.71. The van der Waals surface area contributed by atoms with Crippen LogP contribution in [-0.4, -0.2) is 76.5 Å². The van der Waals surface area contributed by atoms with Gasteiger partial charge in [0, 0.05) is 45.9 Å². The van der Waals surface area contributed by atoms with Crippen LogP contribution in [0, 0.1) is 0 Å². The van der Waals surface area contributed by atoms with E-state index in [0.717, 1.165) is 47.8 Å². The van der Waals surface area contributed by atoms with Gasteiger partial charge in [-0.15, -0.1) is 34.9 Å². The zero-order chi connectivity index (χ0) is 32.7. The minimum Gasteiger partial charge on any atom is -0.503 e. The number of rotatable bonds is 10. The summed E-state index contributed by atoms with van der Waals surface area (Å²) in [6, 6.07) is 1.93. The number of pyridine rings is 2. The van der Waals surface area contributed by atoms with E-state index in [0.29, 0.717) is 21.8 Å². The Kier molecular flexibility index (Phi) is 8.67. The van der Waals surface area contributed by atoms with Crippen molar-refractivity contribution in [2.45, 2.75) is 42.2 Å². The average molecular weight is 687 g/mol. The second-order valence-corrected chi connectivity index (χ2v) is 13.6. The van der Waals surface area contributed by atoms with Crippen LogP contribution in [0.25, 0.3) is 0 Å². The van der Waals surface area contributed by atoms with E-state index in [1.807, 2.05) is 19.3 Å². The zero-order valence-corrected chi connectivity index (χ0v) is 26.7. The summed E-state index contributed by atoms with van der Waals surface area (Å²) in [5, 5.41) is 36.9. The molecule has 46 heavy (non-hydrogen) atoms. The highest BCUT2D eigenvalue weighted by Crippen LogP contribution is 2.42. The van der Waals surface area contributed by atoms with E-state index in [2.05, 4.69) is 20.0 Å². The second-order valence-electron chi connectivity index (χ2n) is 10.6. The number of aryl methyl sites for hydroxylation is 1. The number of thioether (sulfide) groups is 2. The van der Waals surface area contributed by atoms with Gasteiger partial charge in [-0.2, -0.15) is 4.73 Å². The van der Waals surface area contributed by atoms with Crippen LogP contribution in [0.3, 0.4) is 0 Å². The van der Waals surface area contributed by atoms with Crippen molar-refractivity contribution in [1.82, 2.24) is 19.9 Å². The predicted octanol–water partition coefficient (Wildman–Crippen LogP) is 0.595. The molecule has 3 aromatic heterocycles. The first-order chi connectivity index (χ1) is 22.0. The molecule has 15 nitrogen and oxygen atoms in total. The molecule has 0 bridgehead atoms. The number of hydrogen-bond acceptors (Lipinski definition) is 13. The number of nitrogens with one attached hydrogen (secondary N) is 1. The van der Waals surface area contributed by atoms with Crippen molar-refractivity contribution in [3.05, 3.63) is 74.0 Å². The summed E-state index contributed by atoms with van der Waals surface area (Å²) in [5.41, 5.74) is 7.77. The molecule has 0 radical (unpaired) electrons. The van der Waals surface area contributed by atoms with E-state index < -0.39 is 47.0 Å². The van der Waals surface area contributed by atoms with Crippen LogP contribution in [0.15, 0.2) is 56.0 Å². The Balaban J connectivity index is 1.17. The lowest BCUT2D eigenvalue weighted by atomic mass is 10.0. The summed E-state index contributed by atoms with van der Waals surface area (Å²) in [5.74, 6) is -2.53. The second kappa shape index (κ2) is 12.7. The minimum atomic E-state index is -1.21. The normalized spacial score (nSPS) is 19.0. The van der Waals surface area contributed by atoms with E-state index in [1.165, 1.54) is 33.3 Å². The van der Waals surface area contributed by atoms with E-state index in [4.69, 9.17) is 10.6 Å². The molecule has 0 spiro atoms. The number of oxime groups is 1. The van der Waals surface area contributed by atoms with Gasteiger partial charge in [0.05, 0.1) is 6.20 Å². The molecule has 1 fully saturated rings. The fourth-order valence-electron chi connectivity index (χ4n) is 5.48. The maximum absolute atomic E-state index is 13.4. The van der Waals surface area contributed by atoms with Crippen molar-refractivity contribution in [2.75, 3.05) is 17.2 Å². The lowest BCUT2D eigenvalue weighted by Gasteiger charge is -2.49. The largest absolute Gasteiger partial charge is 0.503 e. The molecule has 6 rings (SSSR count). The SMILES string of the molecule is C[n+]1ccc(SCC2=C(C(=O)O)N3C(=O)[C@@H](NC(=O)/C(=N\OCc4cc(=O)c(O)cn4O)c4csc(N)n4)[C@H]3SC2)c2c1CCC2. The number of aromatic hydroxyl groups is 1. The molecule has 2 amide bonds. The summed E-state index contributed by atoms with van der Waals surface area (Å²) < 4.78 is 2.60. The number of aromatic nitrogens is 3. The Morgan fingerprint density at radius 1 is 1.33 bits per heavy atom. The lowest BCUT2D eigenvalue weighted by molar-refractivity contribution is -0.679. The number of amides is 2. The Morgan fingerprint density at radius 3 is 2.87 bits per heavy atom. The number of hydrogen-bond donors (Lipinski definition) is 5. The van der Waals surface area contributed by atoms with E-state index >= 15 is 0 Å². The number of carboxylic acid groups (broad SMARTS) is 1. The van der Waals surface area contributed by atoms with Gasteiger partial charge in [0.15, 0.2) is 35.1 Å². The van der Waals surface area contributed by atoms with Crippen LogP contribution in [0.5, 0.6) is 5.75 Å². The Hall–Kier alpha value is -4.55. The highest BCUT2D eigenvalue weighted by molar-refractivity contribution is 8.01. The van der Waals surface area contributed by atoms with Crippen LogP contribution in [0.4, 0.5) is 5.13 Å². The summed E-state index contributed by atoms with van der Waals surface area (Å²) >= 11 is 3.96. The molecule has 3 aliphatic rings. The van der Waals surface area contributed by atoms with Gasteiger partial charge >= 0.3 is 5.97 Å². The zero-order valence-electron chi connectivity index (χ0n) is 24.2. The van der Waals surface area contributed by atoms with E-state index in [1.54, 1.807) is 11.8 Å². The monoisotopic (exact) mass is 686 g/mol. The molecule has 2 aliphatic heterocycles. The average Bonchev–Trinajstić information content (AvgIpc) is 3.69. The third kappa shape index (κ3) is 5.90. The van der Waals surface area contributed by atoms with Crippen LogP contribution in [0.1, 0.15) is 29.1 Å². The summed E-state index contributed by atoms with van der Waals surface area (Å²) in [4.78, 5) is 62.5. The third-order valence-electron chi connectivity index (χ3n) is 7.74. The van der Waals surface area contributed by atoms with Crippen LogP contribution < -0.4 is 21.0 Å². The van der Waals surface area contributed by atoms with E-state index in [9.17, 15) is 34.6 Å². The molecule has 3 aromatic rings. The Labute approximate surface area is 273 Å². The number of β-lactam (4-membered cyclic amide) rings is 1. The number of nitrogen functional groups attached to an aromatic ring is 1. The number of anilines is 1. The fourth-order valence-corrected chi connectivity index (χ4v) is 8.62. The Bertz CT molecular complexity index is 1890. The van der Waals surface area contributed by atoms with Gasteiger partial charge in [-0.1, -0.05) is 5.16 Å². The molecule has 0 saturated carbocycles. The molecular weight excluding hydrogens is 659 g/mol. The van der Waals surface area contributed by atoms with Crippen LogP contribution in [-0.2, 0) is 45.7 Å². The van der Waals surface area contributed by atoms with Gasteiger partial charge in [0.25, 0.3) is 11.8 Å². The predicted molar refractivity (Wildman–Crippen MR) is 167 cm³/mol. The molecule has 2 atom stereocenters. The van der Waals surface area contributed by atoms with Crippen LogP contribution >= 0.6 is 34.9 Å². The number of carboxylic acids is 1. The number of nitrogens with two attached hydrogens (primary N) is 1. The summed E-state index contributed by atoms with van der Waals surface area (Å²) in [6.45, 7) is -0.463. The molecule has 18 heteroatoms. The van der Waals surface area contributed by atoms with Crippen LogP contribution in [0.2, 0.25) is 0 Å². The van der Waals surface area contributed by atoms with Gasteiger partial charge in [-0.25, -0.2) is 14.3 Å². The number of carbonyl (C=O) groups excluding carboxylic acids is 2. The number of aliphatic carboxylic acids is 1. The standard InChI is InChI=1S/C28H27N7O8S3/c1-33-6-5-20(15-3-2-4-17(15)33)44-10-13-11-45-26-22(25(39)35(26)23(13)27(40)41)31-24(38)21(16-12-46-28(29)30-16)32-43-9-14-7-18(36)19(37)8-34(14)42/h5-8,12,22,26,42H,2-4,9-11H2,1H3,(H4-,29,30,31,37,38,40,41)/p+1/b32-21-/t22-,26-/m1/s1. The summed E-state index contributed by atoms with van der Waals surface area (Å²) in [7, 11) is 2.02. The van der Waals surface area contributed by atoms with Crippen molar-refractivity contribution in [1.29, 1.82) is 0 Å². The van der Waals surface area contributed by atoms with E-state index in [-0.39, 0.29) is 27.9 Å². The van der Waals surface area contributed by atoms with Crippen molar-refractivity contribution >= 4 is 63.5 Å². The molecule has 240 valence electrons. The van der Waals surface area contributed by atoms with Gasteiger partial charge in [0.1, 0.15) is 35.5 Å². The molecule has 6 N–H and O–H groups in total. The fraction of sp³-hybridized carbons (Fsp3) is 0.321. The first-order valence-corrected chi connectivity index (χ1v) is 16.8. The number of fused-ring (bicyclic) bond motifs is 2. The Morgan fingerprint density at radius 2 is 2.13 bits per heavy atom. The van der Waals surface area contributed by atoms with Crippen molar-refractivity contribution in [3.63, 3.8) is 0 Å².